The topological polar surface area (TPSA) is 20.2 Å². The van der Waals surface area contributed by atoms with Crippen LogP contribution in [0.5, 0.6) is 0 Å². The van der Waals surface area contributed by atoms with Crippen LogP contribution in [0.15, 0.2) is 12.2 Å². The van der Waals surface area contributed by atoms with Crippen LogP contribution in [0.3, 0.4) is 0 Å². The normalized spacial score (nSPS) is 10.5. The maximum absolute atomic E-state index is 8.45. The molecule has 0 aliphatic carbocycles. The fourth-order valence-electron chi connectivity index (χ4n) is 0.742. The number of hydrogen-bond acceptors (Lipinski definition) is 1. The van der Waals surface area contributed by atoms with Crippen molar-refractivity contribution in [2.75, 3.05) is 6.61 Å². The zero-order valence-corrected chi connectivity index (χ0v) is 12.3. The Morgan fingerprint density at radius 1 is 1.27 bits per heavy atom. The second kappa shape index (κ2) is 11.1. The summed E-state index contributed by atoms with van der Waals surface area (Å²) in [4.78, 5) is 0. The monoisotopic (exact) mass is 369 g/mol. The van der Waals surface area contributed by atoms with E-state index in [1.54, 1.807) is 0 Å². The summed E-state index contributed by atoms with van der Waals surface area (Å²) in [7, 11) is 0. The molecule has 11 heavy (non-hydrogen) atoms. The van der Waals surface area contributed by atoms with Gasteiger partial charge in [0.25, 0.3) is 0 Å². The van der Waals surface area contributed by atoms with Crippen LogP contribution in [-0.4, -0.2) is 11.7 Å². The van der Waals surface area contributed by atoms with Gasteiger partial charge in [0.15, 0.2) is 0 Å². The molecule has 0 heterocycles. The predicted octanol–water partition coefficient (Wildman–Crippen LogP) is 2.36. The minimum absolute atomic E-state index is 0. The molecule has 1 N–H and O–H groups in total. The smallest absolute Gasteiger partial charge is 0.0431 e. The van der Waals surface area contributed by atoms with Crippen LogP contribution in [0.25, 0.3) is 0 Å². The molecular formula is C9H18AcO. The van der Waals surface area contributed by atoms with Crippen LogP contribution in [-0.2, 0) is 0 Å². The molecule has 0 aliphatic heterocycles. The zero-order chi connectivity index (χ0) is 7.82. The van der Waals surface area contributed by atoms with Crippen molar-refractivity contribution < 1.29 is 49.2 Å². The summed E-state index contributed by atoms with van der Waals surface area (Å²) < 4.78 is 0. The predicted molar refractivity (Wildman–Crippen MR) is 44.9 cm³/mol. The van der Waals surface area contributed by atoms with E-state index < -0.39 is 0 Å². The van der Waals surface area contributed by atoms with Crippen molar-refractivity contribution in [3.05, 3.63) is 12.2 Å². The van der Waals surface area contributed by atoms with Crippen LogP contribution in [0.1, 0.15) is 33.1 Å². The Morgan fingerprint density at radius 3 is 2.36 bits per heavy atom. The molecular weight excluding hydrogens is 351 g/mol. The summed E-state index contributed by atoms with van der Waals surface area (Å²) in [5.41, 5.74) is 0. The van der Waals surface area contributed by atoms with E-state index in [1.807, 2.05) is 0 Å². The minimum Gasteiger partial charge on any atom is -0.396 e. The largest absolute Gasteiger partial charge is 0.396 e. The molecule has 0 fully saturated rings. The van der Waals surface area contributed by atoms with Crippen molar-refractivity contribution in [2.45, 2.75) is 33.1 Å². The second-order valence-corrected chi connectivity index (χ2v) is 2.89. The van der Waals surface area contributed by atoms with Crippen molar-refractivity contribution in [3.63, 3.8) is 0 Å². The number of aliphatic hydroxyl groups excluding tert-OH is 1. The first-order valence-corrected chi connectivity index (χ1v) is 4.05. The van der Waals surface area contributed by atoms with Gasteiger partial charge in [-0.1, -0.05) is 26.0 Å². The molecule has 0 atom stereocenters. The third kappa shape index (κ3) is 14.0. The Labute approximate surface area is 106 Å². The first kappa shape index (κ1) is 14.7. The number of rotatable bonds is 5. The van der Waals surface area contributed by atoms with Gasteiger partial charge in [-0.05, 0) is 25.2 Å². The molecule has 0 aromatic carbocycles. The van der Waals surface area contributed by atoms with Gasteiger partial charge in [-0.25, -0.2) is 0 Å². The molecule has 1 nitrogen and oxygen atoms in total. The van der Waals surface area contributed by atoms with E-state index >= 15 is 0 Å². The summed E-state index contributed by atoms with van der Waals surface area (Å²) in [6.07, 6.45) is 7.55. The van der Waals surface area contributed by atoms with Crippen molar-refractivity contribution in [2.24, 2.45) is 5.92 Å². The van der Waals surface area contributed by atoms with Crippen LogP contribution in [0, 0.1) is 50.0 Å². The molecule has 0 aliphatic rings. The van der Waals surface area contributed by atoms with Crippen LogP contribution in [0.2, 0.25) is 0 Å². The quantitative estimate of drug-likeness (QED) is 0.583. The summed E-state index contributed by atoms with van der Waals surface area (Å²) >= 11 is 0. The number of allylic oxidation sites excluding steroid dienone is 2. The average molecular weight is 369 g/mol. The van der Waals surface area contributed by atoms with Crippen molar-refractivity contribution in [1.29, 1.82) is 0 Å². The summed E-state index contributed by atoms with van der Waals surface area (Å²) in [6, 6.07) is 0. The van der Waals surface area contributed by atoms with Gasteiger partial charge in [0.2, 0.25) is 0 Å². The molecule has 2 heteroatoms. The molecule has 0 amide bonds. The summed E-state index contributed by atoms with van der Waals surface area (Å²) in [5, 5.41) is 8.45. The van der Waals surface area contributed by atoms with Crippen LogP contribution < -0.4 is 0 Å². The van der Waals surface area contributed by atoms with Gasteiger partial charge in [-0.2, -0.15) is 0 Å². The van der Waals surface area contributed by atoms with Gasteiger partial charge in [-0.3, -0.25) is 0 Å². The van der Waals surface area contributed by atoms with Crippen molar-refractivity contribution in [1.82, 2.24) is 0 Å². The first-order valence-electron chi connectivity index (χ1n) is 4.05. The van der Waals surface area contributed by atoms with Crippen LogP contribution >= 0.6 is 0 Å². The third-order valence-corrected chi connectivity index (χ3v) is 1.30. The maximum atomic E-state index is 8.45. The summed E-state index contributed by atoms with van der Waals surface area (Å²) in [6.45, 7) is 4.67. The molecule has 0 aromatic heterocycles. The van der Waals surface area contributed by atoms with Gasteiger partial charge >= 0.3 is 0 Å². The number of aliphatic hydroxyl groups is 1. The molecule has 0 unspecified atom stereocenters. The van der Waals surface area contributed by atoms with Gasteiger partial charge < -0.3 is 5.11 Å². The van der Waals surface area contributed by atoms with Crippen LogP contribution in [0.4, 0.5) is 0 Å². The standard InChI is InChI=1S/C9H18O.Ac/c1-9(2)7-5-3-4-6-8-10;/h5,7,9-10H,3-4,6,8H2,1-2H3;/b7-5+;. The number of unbranched alkanes of at least 4 members (excludes halogenated alkanes) is 2. The third-order valence-electron chi connectivity index (χ3n) is 1.30. The van der Waals surface area contributed by atoms with Gasteiger partial charge in [-0.15, -0.1) is 0 Å². The molecule has 0 bridgehead atoms. The molecule has 0 aromatic rings. The van der Waals surface area contributed by atoms with E-state index in [9.17, 15) is 0 Å². The SMILES string of the molecule is CC(C)/C=C/CCCCO.[Ac]. The molecule has 0 spiro atoms. The fourth-order valence-corrected chi connectivity index (χ4v) is 0.742. The summed E-state index contributed by atoms with van der Waals surface area (Å²) in [5.74, 6) is 0.661. The maximum Gasteiger partial charge on any atom is 0.0431 e. The van der Waals surface area contributed by atoms with Crippen molar-refractivity contribution >= 4 is 0 Å². The molecule has 0 rings (SSSR count). The Bertz CT molecular complexity index is 89.6. The van der Waals surface area contributed by atoms with Gasteiger partial charge in [0.05, 0.1) is 0 Å². The Balaban J connectivity index is 0. The van der Waals surface area contributed by atoms with E-state index in [0.29, 0.717) is 12.5 Å². The Kier molecular flexibility index (Phi) is 14.8. The van der Waals surface area contributed by atoms with Crippen molar-refractivity contribution in [3.8, 4) is 0 Å². The number of hydrogen-bond donors (Lipinski definition) is 1. The zero-order valence-electron chi connectivity index (χ0n) is 7.59. The van der Waals surface area contributed by atoms with Gasteiger partial charge in [0, 0.05) is 50.7 Å². The van der Waals surface area contributed by atoms with E-state index in [4.69, 9.17) is 5.11 Å². The van der Waals surface area contributed by atoms with E-state index in [1.165, 1.54) is 0 Å². The Morgan fingerprint density at radius 2 is 1.91 bits per heavy atom. The van der Waals surface area contributed by atoms with E-state index in [0.717, 1.165) is 19.3 Å². The molecule has 0 saturated heterocycles. The molecule has 63 valence electrons. The average Bonchev–Trinajstić information content (AvgIpc) is 1.87. The second-order valence-electron chi connectivity index (χ2n) is 2.89. The first-order chi connectivity index (χ1) is 4.77. The minimum atomic E-state index is 0. The van der Waals surface area contributed by atoms with E-state index in [2.05, 4.69) is 26.0 Å². The Hall–Kier alpha value is 1.14. The molecule has 0 saturated carbocycles. The molecule has 1 radical (unpaired) electrons. The van der Waals surface area contributed by atoms with Gasteiger partial charge in [0.1, 0.15) is 0 Å². The fraction of sp³-hybridized carbons (Fsp3) is 0.778. The van der Waals surface area contributed by atoms with E-state index in [-0.39, 0.29) is 44.1 Å².